The summed E-state index contributed by atoms with van der Waals surface area (Å²) in [7, 11) is 0. The van der Waals surface area contributed by atoms with E-state index in [-0.39, 0.29) is 0 Å². The lowest BCUT2D eigenvalue weighted by Crippen LogP contribution is -2.14. The summed E-state index contributed by atoms with van der Waals surface area (Å²) in [6.07, 6.45) is 4.46. The van der Waals surface area contributed by atoms with E-state index >= 15 is 0 Å². The molecule has 1 aliphatic rings. The Kier molecular flexibility index (Phi) is 3.38. The van der Waals surface area contributed by atoms with Crippen molar-refractivity contribution < 1.29 is 4.74 Å². The lowest BCUT2D eigenvalue weighted by atomic mass is 10.5. The third kappa shape index (κ3) is 3.04. The van der Waals surface area contributed by atoms with Crippen LogP contribution in [-0.2, 0) is 11.3 Å². The Morgan fingerprint density at radius 1 is 1.73 bits per heavy atom. The first-order valence-electron chi connectivity index (χ1n) is 5.29. The van der Waals surface area contributed by atoms with Gasteiger partial charge in [-0.2, -0.15) is 0 Å². The molecule has 82 valence electrons. The van der Waals surface area contributed by atoms with Gasteiger partial charge in [0, 0.05) is 18.8 Å². The second-order valence-electron chi connectivity index (χ2n) is 3.63. The fourth-order valence-corrected chi connectivity index (χ4v) is 2.08. The number of ether oxygens (including phenoxy) is 1. The van der Waals surface area contributed by atoms with Gasteiger partial charge in [-0.15, -0.1) is 11.3 Å². The summed E-state index contributed by atoms with van der Waals surface area (Å²) in [5.41, 5.74) is 0. The standard InChI is InChI=1S/C11H16N2OS/c1-3-14-8(2)10-6-13-11(15-10)7-12-9-4-5-9/h6,9,12H,2-5,7H2,1H3. The van der Waals surface area contributed by atoms with Crippen molar-refractivity contribution in [2.75, 3.05) is 6.61 Å². The molecule has 1 heterocycles. The van der Waals surface area contributed by atoms with Crippen LogP contribution in [-0.4, -0.2) is 17.6 Å². The van der Waals surface area contributed by atoms with Crippen LogP contribution >= 0.6 is 11.3 Å². The van der Waals surface area contributed by atoms with Crippen LogP contribution in [0, 0.1) is 0 Å². The molecule has 0 aromatic carbocycles. The van der Waals surface area contributed by atoms with Crippen molar-refractivity contribution in [3.63, 3.8) is 0 Å². The minimum atomic E-state index is 0.659. The lowest BCUT2D eigenvalue weighted by molar-refractivity contribution is 0.300. The highest BCUT2D eigenvalue weighted by Crippen LogP contribution is 2.23. The van der Waals surface area contributed by atoms with E-state index in [1.165, 1.54) is 12.8 Å². The Hall–Kier alpha value is -0.870. The molecule has 1 saturated carbocycles. The minimum Gasteiger partial charge on any atom is -0.493 e. The van der Waals surface area contributed by atoms with Gasteiger partial charge in [0.1, 0.15) is 10.8 Å². The van der Waals surface area contributed by atoms with Gasteiger partial charge < -0.3 is 10.1 Å². The maximum absolute atomic E-state index is 5.33. The minimum absolute atomic E-state index is 0.659. The number of hydrogen-bond acceptors (Lipinski definition) is 4. The van der Waals surface area contributed by atoms with Gasteiger partial charge >= 0.3 is 0 Å². The zero-order valence-electron chi connectivity index (χ0n) is 8.95. The van der Waals surface area contributed by atoms with Crippen molar-refractivity contribution in [1.29, 1.82) is 0 Å². The van der Waals surface area contributed by atoms with Crippen LogP contribution < -0.4 is 5.32 Å². The first-order chi connectivity index (χ1) is 7.29. The average molecular weight is 224 g/mol. The van der Waals surface area contributed by atoms with E-state index in [2.05, 4.69) is 16.9 Å². The highest BCUT2D eigenvalue weighted by Gasteiger charge is 2.20. The Morgan fingerprint density at radius 2 is 2.53 bits per heavy atom. The first kappa shape index (κ1) is 10.6. The molecule has 3 nitrogen and oxygen atoms in total. The normalized spacial score (nSPS) is 15.3. The van der Waals surface area contributed by atoms with E-state index in [1.807, 2.05) is 13.1 Å². The van der Waals surface area contributed by atoms with Crippen molar-refractivity contribution in [3.8, 4) is 0 Å². The van der Waals surface area contributed by atoms with Gasteiger partial charge in [0.05, 0.1) is 11.5 Å². The maximum atomic E-state index is 5.33. The predicted octanol–water partition coefficient (Wildman–Crippen LogP) is 2.40. The molecule has 2 rings (SSSR count). The summed E-state index contributed by atoms with van der Waals surface area (Å²) >= 11 is 1.65. The van der Waals surface area contributed by atoms with Crippen LogP contribution in [0.15, 0.2) is 12.8 Å². The van der Waals surface area contributed by atoms with Crippen LogP contribution in [0.5, 0.6) is 0 Å². The molecule has 1 fully saturated rings. The van der Waals surface area contributed by atoms with Gasteiger partial charge in [0.15, 0.2) is 0 Å². The summed E-state index contributed by atoms with van der Waals surface area (Å²) in [4.78, 5) is 5.37. The number of rotatable bonds is 6. The fraction of sp³-hybridized carbons (Fsp3) is 0.545. The molecular formula is C11H16N2OS. The Balaban J connectivity index is 1.87. The molecule has 15 heavy (non-hydrogen) atoms. The van der Waals surface area contributed by atoms with Crippen molar-refractivity contribution in [1.82, 2.24) is 10.3 Å². The zero-order valence-corrected chi connectivity index (χ0v) is 9.77. The summed E-state index contributed by atoms with van der Waals surface area (Å²) in [5.74, 6) is 0.729. The van der Waals surface area contributed by atoms with Crippen molar-refractivity contribution >= 4 is 17.1 Å². The van der Waals surface area contributed by atoms with Crippen LogP contribution in [0.2, 0.25) is 0 Å². The van der Waals surface area contributed by atoms with E-state index in [1.54, 1.807) is 11.3 Å². The van der Waals surface area contributed by atoms with Crippen molar-refractivity contribution in [2.24, 2.45) is 0 Å². The average Bonchev–Trinajstić information content (AvgIpc) is 2.93. The first-order valence-corrected chi connectivity index (χ1v) is 6.11. The molecule has 0 saturated heterocycles. The molecule has 0 bridgehead atoms. The quantitative estimate of drug-likeness (QED) is 0.753. The van der Waals surface area contributed by atoms with Gasteiger partial charge in [0.25, 0.3) is 0 Å². The number of thiazole rings is 1. The second kappa shape index (κ2) is 4.77. The molecule has 1 aromatic rings. The molecule has 0 atom stereocenters. The van der Waals surface area contributed by atoms with Gasteiger partial charge in [0.2, 0.25) is 0 Å². The fourth-order valence-electron chi connectivity index (χ4n) is 1.29. The SMILES string of the molecule is C=C(OCC)c1cnc(CNC2CC2)s1. The topological polar surface area (TPSA) is 34.1 Å². The molecule has 0 spiro atoms. The number of nitrogens with one attached hydrogen (secondary N) is 1. The summed E-state index contributed by atoms with van der Waals surface area (Å²) < 4.78 is 5.33. The Bertz CT molecular complexity index is 344. The summed E-state index contributed by atoms with van der Waals surface area (Å²) in [6.45, 7) is 7.35. The molecule has 1 aliphatic carbocycles. The van der Waals surface area contributed by atoms with Crippen LogP contribution in [0.4, 0.5) is 0 Å². The predicted molar refractivity (Wildman–Crippen MR) is 62.6 cm³/mol. The number of nitrogens with zero attached hydrogens (tertiary/aromatic N) is 1. The molecule has 1 aromatic heterocycles. The van der Waals surface area contributed by atoms with Crippen LogP contribution in [0.25, 0.3) is 5.76 Å². The number of hydrogen-bond donors (Lipinski definition) is 1. The molecule has 1 N–H and O–H groups in total. The third-order valence-corrected chi connectivity index (χ3v) is 3.30. The van der Waals surface area contributed by atoms with Gasteiger partial charge in [-0.3, -0.25) is 0 Å². The molecular weight excluding hydrogens is 208 g/mol. The molecule has 0 radical (unpaired) electrons. The lowest BCUT2D eigenvalue weighted by Gasteiger charge is -2.02. The Morgan fingerprint density at radius 3 is 3.20 bits per heavy atom. The summed E-state index contributed by atoms with van der Waals surface area (Å²) in [6, 6.07) is 0.729. The molecule has 0 aliphatic heterocycles. The highest BCUT2D eigenvalue weighted by atomic mass is 32.1. The van der Waals surface area contributed by atoms with Crippen molar-refractivity contribution in [3.05, 3.63) is 22.7 Å². The van der Waals surface area contributed by atoms with E-state index in [4.69, 9.17) is 4.74 Å². The van der Waals surface area contributed by atoms with E-state index in [0.717, 1.165) is 28.2 Å². The highest BCUT2D eigenvalue weighted by molar-refractivity contribution is 7.12. The Labute approximate surface area is 94.2 Å². The molecule has 0 amide bonds. The second-order valence-corrected chi connectivity index (χ2v) is 4.74. The van der Waals surface area contributed by atoms with E-state index in [0.29, 0.717) is 6.61 Å². The van der Waals surface area contributed by atoms with Crippen LogP contribution in [0.3, 0.4) is 0 Å². The largest absolute Gasteiger partial charge is 0.493 e. The molecule has 0 unspecified atom stereocenters. The van der Waals surface area contributed by atoms with Gasteiger partial charge in [-0.25, -0.2) is 4.98 Å². The van der Waals surface area contributed by atoms with Gasteiger partial charge in [-0.1, -0.05) is 6.58 Å². The number of aromatic nitrogens is 1. The van der Waals surface area contributed by atoms with Crippen molar-refractivity contribution in [2.45, 2.75) is 32.4 Å². The maximum Gasteiger partial charge on any atom is 0.130 e. The van der Waals surface area contributed by atoms with E-state index in [9.17, 15) is 0 Å². The zero-order chi connectivity index (χ0) is 10.7. The third-order valence-electron chi connectivity index (χ3n) is 2.27. The van der Waals surface area contributed by atoms with Crippen LogP contribution in [0.1, 0.15) is 29.7 Å². The smallest absolute Gasteiger partial charge is 0.130 e. The van der Waals surface area contributed by atoms with E-state index < -0.39 is 0 Å². The molecule has 4 heteroatoms. The summed E-state index contributed by atoms with van der Waals surface area (Å²) in [5, 5.41) is 4.54. The monoisotopic (exact) mass is 224 g/mol. The van der Waals surface area contributed by atoms with Gasteiger partial charge in [-0.05, 0) is 19.8 Å².